The van der Waals surface area contributed by atoms with E-state index < -0.39 is 0 Å². The van der Waals surface area contributed by atoms with Gasteiger partial charge in [-0.25, -0.2) is 0 Å². The van der Waals surface area contributed by atoms with Gasteiger partial charge in [-0.3, -0.25) is 0 Å². The highest BCUT2D eigenvalue weighted by atomic mass is 35.5. The first-order chi connectivity index (χ1) is 6.20. The fraction of sp³-hybridized carbons (Fsp3) is 0.333. The van der Waals surface area contributed by atoms with Crippen LogP contribution in [-0.2, 0) is 0 Å². The highest BCUT2D eigenvalue weighted by Gasteiger charge is 2.20. The number of nitrogens with two attached hydrogens (primary N) is 1. The minimum Gasteiger partial charge on any atom is -0.385 e. The normalized spacial score (nSPS) is 20.7. The van der Waals surface area contributed by atoms with Crippen molar-refractivity contribution in [3.8, 4) is 0 Å². The van der Waals surface area contributed by atoms with E-state index in [9.17, 15) is 0 Å². The molecule has 1 heterocycles. The molecule has 0 saturated carbocycles. The Kier molecular flexibility index (Phi) is 2.37. The van der Waals surface area contributed by atoms with E-state index in [2.05, 4.69) is 5.32 Å². The van der Waals surface area contributed by atoms with Crippen LogP contribution in [0.15, 0.2) is 12.1 Å². The zero-order valence-corrected chi connectivity index (χ0v) is 8.49. The van der Waals surface area contributed by atoms with Crippen LogP contribution in [0.1, 0.15) is 18.0 Å². The van der Waals surface area contributed by atoms with Crippen LogP contribution in [0.5, 0.6) is 0 Å². The van der Waals surface area contributed by atoms with Crippen LogP contribution in [-0.4, -0.2) is 6.54 Å². The number of anilines is 1. The lowest BCUT2D eigenvalue weighted by Crippen LogP contribution is -2.22. The summed E-state index contributed by atoms with van der Waals surface area (Å²) in [6.07, 6.45) is 0.896. The molecule has 2 nitrogen and oxygen atoms in total. The second kappa shape index (κ2) is 3.37. The average Bonchev–Trinajstić information content (AvgIpc) is 2.12. The Morgan fingerprint density at radius 3 is 2.92 bits per heavy atom. The molecule has 70 valence electrons. The van der Waals surface area contributed by atoms with Crippen molar-refractivity contribution in [1.82, 2.24) is 0 Å². The van der Waals surface area contributed by atoms with E-state index in [-0.39, 0.29) is 6.04 Å². The molecule has 0 spiro atoms. The SMILES string of the molecule is NC1CCNc2ccc(Cl)c(Cl)c21. The Labute approximate surface area is 87.0 Å². The van der Waals surface area contributed by atoms with E-state index in [1.165, 1.54) is 0 Å². The molecule has 0 bridgehead atoms. The number of halogens is 2. The van der Waals surface area contributed by atoms with Crippen LogP contribution in [0.25, 0.3) is 0 Å². The van der Waals surface area contributed by atoms with Crippen LogP contribution in [0, 0.1) is 0 Å². The molecule has 4 heteroatoms. The van der Waals surface area contributed by atoms with Gasteiger partial charge in [0.1, 0.15) is 0 Å². The maximum absolute atomic E-state index is 6.05. The van der Waals surface area contributed by atoms with Crippen LogP contribution >= 0.6 is 23.2 Å². The molecule has 0 saturated heterocycles. The van der Waals surface area contributed by atoms with Gasteiger partial charge in [0, 0.05) is 23.8 Å². The average molecular weight is 217 g/mol. The number of rotatable bonds is 0. The summed E-state index contributed by atoms with van der Waals surface area (Å²) in [6, 6.07) is 3.71. The van der Waals surface area contributed by atoms with Crippen molar-refractivity contribution < 1.29 is 0 Å². The zero-order chi connectivity index (χ0) is 9.42. The largest absolute Gasteiger partial charge is 0.385 e. The Morgan fingerprint density at radius 1 is 1.38 bits per heavy atom. The van der Waals surface area contributed by atoms with Gasteiger partial charge in [0.25, 0.3) is 0 Å². The minimum absolute atomic E-state index is 0.00227. The molecular formula is C9H10Cl2N2. The van der Waals surface area contributed by atoms with Crippen molar-refractivity contribution >= 4 is 28.9 Å². The lowest BCUT2D eigenvalue weighted by molar-refractivity contribution is 0.655. The summed E-state index contributed by atoms with van der Waals surface area (Å²) in [5.41, 5.74) is 7.89. The van der Waals surface area contributed by atoms with Gasteiger partial charge in [-0.1, -0.05) is 23.2 Å². The second-order valence-electron chi connectivity index (χ2n) is 3.14. The molecule has 3 N–H and O–H groups in total. The summed E-state index contributed by atoms with van der Waals surface area (Å²) in [5, 5.41) is 4.39. The molecule has 1 atom stereocenters. The lowest BCUT2D eigenvalue weighted by Gasteiger charge is -2.25. The Balaban J connectivity index is 2.58. The fourth-order valence-electron chi connectivity index (χ4n) is 1.59. The molecular weight excluding hydrogens is 207 g/mol. The van der Waals surface area contributed by atoms with Gasteiger partial charge in [0.15, 0.2) is 0 Å². The number of hydrogen-bond acceptors (Lipinski definition) is 2. The summed E-state index contributed by atoms with van der Waals surface area (Å²) in [4.78, 5) is 0. The van der Waals surface area contributed by atoms with Gasteiger partial charge in [0.05, 0.1) is 10.0 Å². The first-order valence-electron chi connectivity index (χ1n) is 4.17. The quantitative estimate of drug-likeness (QED) is 0.701. The summed E-state index contributed by atoms with van der Waals surface area (Å²) in [5.74, 6) is 0. The smallest absolute Gasteiger partial charge is 0.0660 e. The van der Waals surface area contributed by atoms with E-state index in [0.29, 0.717) is 10.0 Å². The summed E-state index contributed by atoms with van der Waals surface area (Å²) in [6.45, 7) is 0.895. The van der Waals surface area contributed by atoms with Crippen molar-refractivity contribution in [2.45, 2.75) is 12.5 Å². The van der Waals surface area contributed by atoms with Crippen LogP contribution < -0.4 is 11.1 Å². The van der Waals surface area contributed by atoms with E-state index in [0.717, 1.165) is 24.2 Å². The molecule has 1 aliphatic rings. The molecule has 1 aromatic carbocycles. The Hall–Kier alpha value is -0.440. The highest BCUT2D eigenvalue weighted by molar-refractivity contribution is 6.42. The van der Waals surface area contributed by atoms with E-state index in [4.69, 9.17) is 28.9 Å². The predicted molar refractivity (Wildman–Crippen MR) is 56.5 cm³/mol. The van der Waals surface area contributed by atoms with E-state index in [1.807, 2.05) is 6.07 Å². The van der Waals surface area contributed by atoms with Crippen molar-refractivity contribution in [2.75, 3.05) is 11.9 Å². The first kappa shape index (κ1) is 9.13. The fourth-order valence-corrected chi connectivity index (χ4v) is 2.06. The molecule has 0 fully saturated rings. The topological polar surface area (TPSA) is 38.0 Å². The predicted octanol–water partition coefficient (Wildman–Crippen LogP) is 2.81. The number of fused-ring (bicyclic) bond motifs is 1. The van der Waals surface area contributed by atoms with Gasteiger partial charge < -0.3 is 11.1 Å². The Morgan fingerprint density at radius 2 is 2.15 bits per heavy atom. The monoisotopic (exact) mass is 216 g/mol. The van der Waals surface area contributed by atoms with Crippen molar-refractivity contribution in [3.63, 3.8) is 0 Å². The number of nitrogens with one attached hydrogen (secondary N) is 1. The van der Waals surface area contributed by atoms with Crippen molar-refractivity contribution in [3.05, 3.63) is 27.7 Å². The molecule has 2 rings (SSSR count). The van der Waals surface area contributed by atoms with E-state index >= 15 is 0 Å². The Bertz CT molecular complexity index is 339. The molecule has 0 aromatic heterocycles. The summed E-state index contributed by atoms with van der Waals surface area (Å²) < 4.78 is 0. The van der Waals surface area contributed by atoms with Crippen LogP contribution in [0.2, 0.25) is 10.0 Å². The second-order valence-corrected chi connectivity index (χ2v) is 3.93. The van der Waals surface area contributed by atoms with Gasteiger partial charge in [-0.15, -0.1) is 0 Å². The van der Waals surface area contributed by atoms with Crippen molar-refractivity contribution in [2.24, 2.45) is 5.73 Å². The lowest BCUT2D eigenvalue weighted by atomic mass is 9.99. The zero-order valence-electron chi connectivity index (χ0n) is 6.98. The molecule has 1 aromatic rings. The summed E-state index contributed by atoms with van der Waals surface area (Å²) >= 11 is 11.9. The van der Waals surface area contributed by atoms with Crippen LogP contribution in [0.4, 0.5) is 5.69 Å². The van der Waals surface area contributed by atoms with E-state index in [1.54, 1.807) is 6.07 Å². The maximum Gasteiger partial charge on any atom is 0.0660 e. The standard InChI is InChI=1S/C9H10Cl2N2/c10-5-1-2-7-8(9(5)11)6(12)3-4-13-7/h1-2,6,13H,3-4,12H2. The van der Waals surface area contributed by atoms with Crippen LogP contribution in [0.3, 0.4) is 0 Å². The molecule has 13 heavy (non-hydrogen) atoms. The molecule has 0 amide bonds. The molecule has 0 aliphatic carbocycles. The van der Waals surface area contributed by atoms with Crippen molar-refractivity contribution in [1.29, 1.82) is 0 Å². The van der Waals surface area contributed by atoms with Gasteiger partial charge >= 0.3 is 0 Å². The third kappa shape index (κ3) is 1.50. The molecule has 0 radical (unpaired) electrons. The third-order valence-electron chi connectivity index (χ3n) is 2.27. The van der Waals surface area contributed by atoms with Gasteiger partial charge in [-0.05, 0) is 18.6 Å². The van der Waals surface area contributed by atoms with Gasteiger partial charge in [-0.2, -0.15) is 0 Å². The maximum atomic E-state index is 6.05. The third-order valence-corrected chi connectivity index (χ3v) is 3.09. The summed E-state index contributed by atoms with van der Waals surface area (Å²) in [7, 11) is 0. The number of benzene rings is 1. The minimum atomic E-state index is 0.00227. The highest BCUT2D eigenvalue weighted by Crippen LogP contribution is 2.38. The molecule has 1 unspecified atom stereocenters. The molecule has 1 aliphatic heterocycles. The first-order valence-corrected chi connectivity index (χ1v) is 4.93. The number of hydrogen-bond donors (Lipinski definition) is 2. The van der Waals surface area contributed by atoms with Gasteiger partial charge in [0.2, 0.25) is 0 Å².